The number of benzene rings is 2. The molecule has 0 saturated carbocycles. The van der Waals surface area contributed by atoms with Crippen LogP contribution in [0.1, 0.15) is 10.4 Å². The first-order valence-electron chi connectivity index (χ1n) is 10.2. The van der Waals surface area contributed by atoms with E-state index in [-0.39, 0.29) is 11.7 Å². The van der Waals surface area contributed by atoms with Crippen LogP contribution in [0.4, 0.5) is 5.69 Å². The molecule has 32 heavy (non-hydrogen) atoms. The Hall–Kier alpha value is -3.94. The number of rotatable bonds is 5. The first-order chi connectivity index (χ1) is 15.6. The third-order valence-electron chi connectivity index (χ3n) is 6.26. The average Bonchev–Trinajstić information content (AvgIpc) is 3.31. The zero-order valence-electron chi connectivity index (χ0n) is 17.5. The number of Topliss-reactive ketones (excluding diaryl/α,β-unsaturated/α-hetero) is 1. The van der Waals surface area contributed by atoms with Crippen molar-refractivity contribution < 1.29 is 23.9 Å². The molecule has 5 rings (SSSR count). The SMILES string of the molecule is COc1ccc(C(=O)[C@@H]2[C@@H]3C(=O)N(c4ccccc4OC)C(=O)[C@H]3[C@@H]3C=CC=NN23)cc1. The van der Waals surface area contributed by atoms with Gasteiger partial charge in [-0.2, -0.15) is 5.10 Å². The highest BCUT2D eigenvalue weighted by atomic mass is 16.5. The minimum Gasteiger partial charge on any atom is -0.497 e. The molecule has 2 saturated heterocycles. The molecule has 162 valence electrons. The van der Waals surface area contributed by atoms with E-state index < -0.39 is 29.8 Å². The molecule has 2 amide bonds. The van der Waals surface area contributed by atoms with Crippen LogP contribution < -0.4 is 14.4 Å². The second-order valence-corrected chi connectivity index (χ2v) is 7.79. The van der Waals surface area contributed by atoms with E-state index in [1.165, 1.54) is 7.11 Å². The van der Waals surface area contributed by atoms with Crippen molar-refractivity contribution in [2.75, 3.05) is 19.1 Å². The normalized spacial score (nSPS) is 25.7. The Morgan fingerprint density at radius 3 is 2.38 bits per heavy atom. The molecule has 8 nitrogen and oxygen atoms in total. The van der Waals surface area contributed by atoms with E-state index in [1.807, 2.05) is 6.08 Å². The van der Waals surface area contributed by atoms with E-state index in [1.54, 1.807) is 72.9 Å². The van der Waals surface area contributed by atoms with Crippen molar-refractivity contribution in [3.63, 3.8) is 0 Å². The molecule has 0 N–H and O–H groups in total. The summed E-state index contributed by atoms with van der Waals surface area (Å²) < 4.78 is 10.5. The van der Waals surface area contributed by atoms with Crippen molar-refractivity contribution >= 4 is 29.5 Å². The summed E-state index contributed by atoms with van der Waals surface area (Å²) in [6, 6.07) is 12.2. The number of hydrazone groups is 1. The number of nitrogens with zero attached hydrogens (tertiary/aromatic N) is 3. The molecule has 2 fully saturated rings. The number of hydrogen-bond acceptors (Lipinski definition) is 7. The number of fused-ring (bicyclic) bond motifs is 3. The van der Waals surface area contributed by atoms with Gasteiger partial charge in [0, 0.05) is 11.8 Å². The largest absolute Gasteiger partial charge is 0.497 e. The Kier molecular flexibility index (Phi) is 4.77. The second kappa shape index (κ2) is 7.64. The fraction of sp³-hybridized carbons (Fsp3) is 0.250. The fourth-order valence-electron chi connectivity index (χ4n) is 4.82. The molecule has 0 aromatic heterocycles. The van der Waals surface area contributed by atoms with E-state index >= 15 is 0 Å². The zero-order chi connectivity index (χ0) is 22.4. The lowest BCUT2D eigenvalue weighted by Crippen LogP contribution is -2.46. The first kappa shape index (κ1) is 20.0. The van der Waals surface area contributed by atoms with Gasteiger partial charge < -0.3 is 9.47 Å². The quantitative estimate of drug-likeness (QED) is 0.533. The summed E-state index contributed by atoms with van der Waals surface area (Å²) in [5.74, 6) is -1.57. The van der Waals surface area contributed by atoms with E-state index in [0.717, 1.165) is 4.90 Å². The van der Waals surface area contributed by atoms with E-state index in [9.17, 15) is 14.4 Å². The van der Waals surface area contributed by atoms with Crippen LogP contribution in [-0.2, 0) is 9.59 Å². The highest BCUT2D eigenvalue weighted by Gasteiger charge is 2.64. The predicted octanol–water partition coefficient (Wildman–Crippen LogP) is 2.30. The molecule has 0 aliphatic carbocycles. The van der Waals surface area contributed by atoms with Crippen molar-refractivity contribution in [1.29, 1.82) is 0 Å². The van der Waals surface area contributed by atoms with Gasteiger partial charge in [0.1, 0.15) is 17.5 Å². The number of allylic oxidation sites excluding steroid dienone is 1. The molecular formula is C24H21N3O5. The highest BCUT2D eigenvalue weighted by Crippen LogP contribution is 2.47. The number of ether oxygens (including phenoxy) is 2. The number of hydrogen-bond donors (Lipinski definition) is 0. The molecule has 3 heterocycles. The van der Waals surface area contributed by atoms with Crippen LogP contribution in [0.3, 0.4) is 0 Å². The summed E-state index contributed by atoms with van der Waals surface area (Å²) in [5, 5.41) is 5.96. The maximum atomic E-state index is 13.6. The third-order valence-corrected chi connectivity index (χ3v) is 6.26. The van der Waals surface area contributed by atoms with Crippen LogP contribution in [0.25, 0.3) is 0 Å². The van der Waals surface area contributed by atoms with E-state index in [4.69, 9.17) is 9.47 Å². The summed E-state index contributed by atoms with van der Waals surface area (Å²) in [6.45, 7) is 0. The number of amides is 2. The van der Waals surface area contributed by atoms with E-state index in [2.05, 4.69) is 5.10 Å². The van der Waals surface area contributed by atoms with Gasteiger partial charge in [-0.25, -0.2) is 4.90 Å². The number of carbonyl (C=O) groups excluding carboxylic acids is 3. The number of carbonyl (C=O) groups is 3. The van der Waals surface area contributed by atoms with Gasteiger partial charge in [-0.3, -0.25) is 19.4 Å². The molecule has 3 aliphatic heterocycles. The molecule has 2 aromatic carbocycles. The second-order valence-electron chi connectivity index (χ2n) is 7.79. The van der Waals surface area contributed by atoms with Crippen LogP contribution in [0.5, 0.6) is 11.5 Å². The molecular weight excluding hydrogens is 410 g/mol. The summed E-state index contributed by atoms with van der Waals surface area (Å²) in [7, 11) is 3.04. The Morgan fingerprint density at radius 1 is 0.938 bits per heavy atom. The lowest BCUT2D eigenvalue weighted by Gasteiger charge is -2.30. The minimum absolute atomic E-state index is 0.263. The molecule has 0 radical (unpaired) electrons. The van der Waals surface area contributed by atoms with Crippen LogP contribution in [0.2, 0.25) is 0 Å². The number of ketones is 1. The standard InChI is InChI=1S/C24H21N3O5/c1-31-15-11-9-14(10-12-15)22(28)21-20-19(17-7-5-13-25-27(17)21)23(29)26(24(20)30)16-6-3-4-8-18(16)32-2/h3-13,17,19-21H,1-2H3/t17-,19-,20+,21-/m0/s1. The maximum absolute atomic E-state index is 13.6. The van der Waals surface area contributed by atoms with Gasteiger partial charge in [0.2, 0.25) is 11.8 Å². The number of methoxy groups -OCH3 is 2. The van der Waals surface area contributed by atoms with Crippen LogP contribution >= 0.6 is 0 Å². The van der Waals surface area contributed by atoms with Crippen molar-refractivity contribution in [3.05, 3.63) is 66.2 Å². The Balaban J connectivity index is 1.57. The molecule has 8 heteroatoms. The van der Waals surface area contributed by atoms with E-state index in [0.29, 0.717) is 22.7 Å². The summed E-state index contributed by atoms with van der Waals surface area (Å²) in [4.78, 5) is 41.9. The number of anilines is 1. The Morgan fingerprint density at radius 2 is 1.66 bits per heavy atom. The topological polar surface area (TPSA) is 88.5 Å². The molecule has 4 atom stereocenters. The minimum atomic E-state index is -0.893. The van der Waals surface area contributed by atoms with Gasteiger partial charge in [-0.15, -0.1) is 0 Å². The van der Waals surface area contributed by atoms with Gasteiger partial charge in [0.05, 0.1) is 37.8 Å². The van der Waals surface area contributed by atoms with Gasteiger partial charge in [0.25, 0.3) is 0 Å². The molecule has 0 unspecified atom stereocenters. The molecule has 0 spiro atoms. The smallest absolute Gasteiger partial charge is 0.240 e. The number of para-hydroxylation sites is 2. The predicted molar refractivity (Wildman–Crippen MR) is 117 cm³/mol. The fourth-order valence-corrected chi connectivity index (χ4v) is 4.82. The molecule has 3 aliphatic rings. The monoisotopic (exact) mass is 431 g/mol. The van der Waals surface area contributed by atoms with Gasteiger partial charge in [-0.1, -0.05) is 18.2 Å². The third kappa shape index (κ3) is 2.83. The van der Waals surface area contributed by atoms with Gasteiger partial charge >= 0.3 is 0 Å². The molecule has 2 aromatic rings. The van der Waals surface area contributed by atoms with Gasteiger partial charge in [0.15, 0.2) is 5.78 Å². The van der Waals surface area contributed by atoms with Crippen LogP contribution in [-0.4, -0.2) is 55.1 Å². The van der Waals surface area contributed by atoms with Crippen molar-refractivity contribution in [2.45, 2.75) is 12.1 Å². The van der Waals surface area contributed by atoms with Crippen LogP contribution in [0, 0.1) is 11.8 Å². The summed E-state index contributed by atoms with van der Waals surface area (Å²) in [6.07, 6.45) is 5.13. The lowest BCUT2D eigenvalue weighted by molar-refractivity contribution is -0.123. The zero-order valence-corrected chi connectivity index (χ0v) is 17.5. The highest BCUT2D eigenvalue weighted by molar-refractivity contribution is 6.25. The lowest BCUT2D eigenvalue weighted by atomic mass is 9.86. The summed E-state index contributed by atoms with van der Waals surface area (Å²) in [5.41, 5.74) is 0.806. The van der Waals surface area contributed by atoms with Crippen molar-refractivity contribution in [1.82, 2.24) is 5.01 Å². The van der Waals surface area contributed by atoms with Crippen molar-refractivity contribution in [2.24, 2.45) is 16.9 Å². The molecule has 0 bridgehead atoms. The Bertz CT molecular complexity index is 1160. The Labute approximate surface area is 184 Å². The maximum Gasteiger partial charge on any atom is 0.240 e. The van der Waals surface area contributed by atoms with Crippen molar-refractivity contribution in [3.8, 4) is 11.5 Å². The summed E-state index contributed by atoms with van der Waals surface area (Å²) >= 11 is 0. The first-order valence-corrected chi connectivity index (χ1v) is 10.2. The average molecular weight is 431 g/mol. The van der Waals surface area contributed by atoms with Gasteiger partial charge in [-0.05, 0) is 42.5 Å². The number of imide groups is 1. The van der Waals surface area contributed by atoms with Crippen LogP contribution in [0.15, 0.2) is 65.8 Å².